The normalized spacial score (nSPS) is 9.14. The van der Waals surface area contributed by atoms with Gasteiger partial charge in [-0.2, -0.15) is 5.26 Å². The molecule has 0 amide bonds. The van der Waals surface area contributed by atoms with Gasteiger partial charge in [-0.1, -0.05) is 45.4 Å². The van der Waals surface area contributed by atoms with Gasteiger partial charge in [0.25, 0.3) is 0 Å². The minimum Gasteiger partial charge on any atom is -0.301 e. The number of unbranched alkanes of at least 4 members (excludes halogenated alkanes) is 6. The molecule has 0 atom stereocenters. The van der Waals surface area contributed by atoms with Crippen LogP contribution in [0.25, 0.3) is 0 Å². The van der Waals surface area contributed by atoms with Crippen molar-refractivity contribution in [2.75, 3.05) is 0 Å². The molecule has 21 heavy (non-hydrogen) atoms. The maximum Gasteiger partial charge on any atom is 0.352 e. The fourth-order valence-corrected chi connectivity index (χ4v) is 1.39. The van der Waals surface area contributed by atoms with E-state index in [4.69, 9.17) is 5.26 Å². The summed E-state index contributed by atoms with van der Waals surface area (Å²) in [6.07, 6.45) is 8.51. The third-order valence-electron chi connectivity index (χ3n) is 2.36. The van der Waals surface area contributed by atoms with Gasteiger partial charge in [-0.3, -0.25) is 0 Å². The Balaban J connectivity index is 0. The summed E-state index contributed by atoms with van der Waals surface area (Å²) >= 11 is 0. The molecule has 0 spiro atoms. The molecule has 0 unspecified atom stereocenters. The van der Waals surface area contributed by atoms with E-state index in [1.807, 2.05) is 0 Å². The maximum atomic E-state index is 10.5. The summed E-state index contributed by atoms with van der Waals surface area (Å²) in [4.78, 5) is 41.4. The second kappa shape index (κ2) is 16.4. The van der Waals surface area contributed by atoms with Crippen molar-refractivity contribution in [1.29, 1.82) is 0 Å². The first kappa shape index (κ1) is 21.7. The van der Waals surface area contributed by atoms with E-state index in [-0.39, 0.29) is 0 Å². The predicted octanol–water partition coefficient (Wildman–Crippen LogP) is 3.17. The summed E-state index contributed by atoms with van der Waals surface area (Å²) in [5.41, 5.74) is 0. The van der Waals surface area contributed by atoms with E-state index in [9.17, 15) is 14.4 Å². The lowest BCUT2D eigenvalue weighted by Crippen LogP contribution is -2.03. The maximum absolute atomic E-state index is 10.5. The quantitative estimate of drug-likeness (QED) is 0.417. The van der Waals surface area contributed by atoms with Crippen molar-refractivity contribution in [3.8, 4) is 0 Å². The van der Waals surface area contributed by atoms with E-state index in [1.54, 1.807) is 0 Å². The van der Waals surface area contributed by atoms with Gasteiger partial charge in [-0.25, -0.2) is 24.2 Å². The first-order valence-electron chi connectivity index (χ1n) is 7.13. The second-order valence-electron chi connectivity index (χ2n) is 4.48. The Morgan fingerprint density at radius 3 is 1.62 bits per heavy atom. The van der Waals surface area contributed by atoms with Crippen molar-refractivity contribution in [2.45, 2.75) is 72.1 Å². The zero-order chi connectivity index (χ0) is 16.5. The molecule has 0 heterocycles. The van der Waals surface area contributed by atoms with Crippen LogP contribution in [0.3, 0.4) is 0 Å². The highest BCUT2D eigenvalue weighted by Crippen LogP contribution is 2.08. The summed E-state index contributed by atoms with van der Waals surface area (Å²) in [7, 11) is 0. The molecule has 0 aromatic carbocycles. The smallest absolute Gasteiger partial charge is 0.301 e. The van der Waals surface area contributed by atoms with Crippen LogP contribution in [0.4, 0.5) is 0 Å². The summed E-state index contributed by atoms with van der Waals surface area (Å²) in [6, 6.07) is 0. The average molecular weight is 306 g/mol. The highest BCUT2D eigenvalue weighted by atomic mass is 17.2. The number of carbonyl (C=O) groups excluding carboxylic acids is 3. The van der Waals surface area contributed by atoms with E-state index in [0.717, 1.165) is 26.7 Å². The van der Waals surface area contributed by atoms with Crippen molar-refractivity contribution in [1.82, 2.24) is 0 Å². The molecule has 0 aliphatic carbocycles. The first-order chi connectivity index (χ1) is 9.93. The van der Waals surface area contributed by atoms with Crippen molar-refractivity contribution in [3.05, 3.63) is 0 Å². The monoisotopic (exact) mass is 306 g/mol. The number of hydrogen-bond donors (Lipinski definition) is 1. The zero-order valence-electron chi connectivity index (χ0n) is 13.1. The van der Waals surface area contributed by atoms with Gasteiger partial charge in [0, 0.05) is 20.3 Å². The second-order valence-corrected chi connectivity index (χ2v) is 4.48. The molecule has 0 radical (unpaired) electrons. The van der Waals surface area contributed by atoms with Crippen LogP contribution in [0.1, 0.15) is 72.1 Å². The molecule has 124 valence electrons. The van der Waals surface area contributed by atoms with Gasteiger partial charge in [0.05, 0.1) is 0 Å². The summed E-state index contributed by atoms with van der Waals surface area (Å²) in [5, 5.41) is 7.96. The van der Waals surface area contributed by atoms with E-state index in [2.05, 4.69) is 21.6 Å². The van der Waals surface area contributed by atoms with E-state index < -0.39 is 17.9 Å². The molecule has 0 rings (SSSR count). The molecule has 0 fully saturated rings. The first-order valence-corrected chi connectivity index (χ1v) is 7.13. The van der Waals surface area contributed by atoms with Crippen LogP contribution in [0.2, 0.25) is 0 Å². The summed E-state index contributed by atoms with van der Waals surface area (Å²) in [6.45, 7) is 4.48. The Morgan fingerprint density at radius 2 is 1.24 bits per heavy atom. The summed E-state index contributed by atoms with van der Waals surface area (Å²) in [5.74, 6) is -1.80. The highest BCUT2D eigenvalue weighted by Gasteiger charge is 2.00. The Kier molecular flexibility index (Phi) is 16.9. The fourth-order valence-electron chi connectivity index (χ4n) is 1.39. The Labute approximate surface area is 125 Å². The molecule has 0 aromatic rings. The Morgan fingerprint density at radius 1 is 0.810 bits per heavy atom. The third kappa shape index (κ3) is 23.8. The Bertz CT molecular complexity index is 275. The molecule has 7 nitrogen and oxygen atoms in total. The van der Waals surface area contributed by atoms with Crippen LogP contribution >= 0.6 is 0 Å². The van der Waals surface area contributed by atoms with Gasteiger partial charge < -0.3 is 4.89 Å². The van der Waals surface area contributed by atoms with Crippen molar-refractivity contribution in [2.24, 2.45) is 0 Å². The van der Waals surface area contributed by atoms with Gasteiger partial charge in [0.1, 0.15) is 0 Å². The van der Waals surface area contributed by atoms with Crippen LogP contribution in [0.15, 0.2) is 0 Å². The molecule has 0 bridgehead atoms. The SMILES string of the molecule is CC(=O)OOC(C)=O.CCCCCCCCCC(=O)OO. The summed E-state index contributed by atoms with van der Waals surface area (Å²) < 4.78 is 0. The minimum atomic E-state index is -0.639. The van der Waals surface area contributed by atoms with E-state index >= 15 is 0 Å². The minimum absolute atomic E-state index is 0.338. The van der Waals surface area contributed by atoms with Gasteiger partial charge in [-0.05, 0) is 6.42 Å². The predicted molar refractivity (Wildman–Crippen MR) is 74.9 cm³/mol. The number of carbonyl (C=O) groups is 3. The van der Waals surface area contributed by atoms with E-state index in [0.29, 0.717) is 6.42 Å². The van der Waals surface area contributed by atoms with Crippen LogP contribution in [-0.4, -0.2) is 23.2 Å². The molecule has 0 aliphatic rings. The largest absolute Gasteiger partial charge is 0.352 e. The van der Waals surface area contributed by atoms with Gasteiger partial charge in [0.2, 0.25) is 0 Å². The lowest BCUT2D eigenvalue weighted by Gasteiger charge is -1.99. The lowest BCUT2D eigenvalue weighted by atomic mass is 10.1. The van der Waals surface area contributed by atoms with Crippen molar-refractivity contribution < 1.29 is 34.3 Å². The Hall–Kier alpha value is -1.63. The number of rotatable bonds is 8. The topological polar surface area (TPSA) is 99.1 Å². The molecular formula is C14H26O7. The molecule has 7 heteroatoms. The van der Waals surface area contributed by atoms with Crippen LogP contribution in [0, 0.1) is 0 Å². The van der Waals surface area contributed by atoms with E-state index in [1.165, 1.54) is 32.1 Å². The molecular weight excluding hydrogens is 280 g/mol. The average Bonchev–Trinajstić information content (AvgIpc) is 2.44. The lowest BCUT2D eigenvalue weighted by molar-refractivity contribution is -0.255. The molecule has 0 saturated heterocycles. The molecule has 0 aliphatic heterocycles. The molecule has 0 saturated carbocycles. The standard InChI is InChI=1S/C10H20O3.C4H6O4/c1-2-3-4-5-6-7-8-9-10(11)13-12;1-3(5)7-8-4(2)6/h12H,2-9H2,1H3;1-2H3. The van der Waals surface area contributed by atoms with Crippen molar-refractivity contribution >= 4 is 17.9 Å². The molecule has 0 aromatic heterocycles. The highest BCUT2D eigenvalue weighted by molar-refractivity contribution is 5.69. The van der Waals surface area contributed by atoms with Crippen LogP contribution < -0.4 is 0 Å². The van der Waals surface area contributed by atoms with Gasteiger partial charge in [0.15, 0.2) is 0 Å². The zero-order valence-corrected chi connectivity index (χ0v) is 13.1. The number of hydrogen-bond acceptors (Lipinski definition) is 7. The van der Waals surface area contributed by atoms with Gasteiger partial charge in [-0.15, -0.1) is 0 Å². The molecule has 1 N–H and O–H groups in total. The van der Waals surface area contributed by atoms with Crippen LogP contribution in [-0.2, 0) is 29.0 Å². The third-order valence-corrected chi connectivity index (χ3v) is 2.36. The van der Waals surface area contributed by atoms with Crippen molar-refractivity contribution in [3.63, 3.8) is 0 Å². The van der Waals surface area contributed by atoms with Gasteiger partial charge >= 0.3 is 17.9 Å². The fraction of sp³-hybridized carbons (Fsp3) is 0.786. The van der Waals surface area contributed by atoms with Crippen LogP contribution in [0.5, 0.6) is 0 Å².